The topological polar surface area (TPSA) is 58.3 Å². The minimum Gasteiger partial charge on any atom is -0.356 e. The quantitative estimate of drug-likeness (QED) is 0.672. The summed E-state index contributed by atoms with van der Waals surface area (Å²) in [5.41, 5.74) is 2.73. The lowest BCUT2D eigenvalue weighted by Crippen LogP contribution is -2.43. The first-order valence-corrected chi connectivity index (χ1v) is 8.96. The van der Waals surface area contributed by atoms with Gasteiger partial charge in [0.2, 0.25) is 0 Å². The van der Waals surface area contributed by atoms with E-state index in [-0.39, 0.29) is 0 Å². The van der Waals surface area contributed by atoms with Gasteiger partial charge in [-0.1, -0.05) is 36.4 Å². The van der Waals surface area contributed by atoms with Gasteiger partial charge in [-0.3, -0.25) is 0 Å². The highest BCUT2D eigenvalue weighted by atomic mass is 15.3. The lowest BCUT2D eigenvalue weighted by Gasteiger charge is -2.29. The number of aliphatic imine (C=N–C) groups is 1. The fraction of sp³-hybridized carbons (Fsp3) is 0.421. The van der Waals surface area contributed by atoms with Gasteiger partial charge in [-0.25, -0.2) is 4.99 Å². The number of aryl methyl sites for hydroxylation is 1. The van der Waals surface area contributed by atoms with E-state index in [0.29, 0.717) is 6.54 Å². The minimum atomic E-state index is 0.544. The SMILES string of the molecule is CCNC(=NCc1nncn1CC)N1CC=C(c2ccccc2)CC1. The van der Waals surface area contributed by atoms with Crippen molar-refractivity contribution in [2.45, 2.75) is 33.4 Å². The Morgan fingerprint density at radius 1 is 1.24 bits per heavy atom. The molecule has 1 aliphatic heterocycles. The zero-order valence-corrected chi connectivity index (χ0v) is 15.0. The molecule has 1 N–H and O–H groups in total. The van der Waals surface area contributed by atoms with Crippen LogP contribution in [0.3, 0.4) is 0 Å². The van der Waals surface area contributed by atoms with Crippen LogP contribution in [0, 0.1) is 0 Å². The van der Waals surface area contributed by atoms with E-state index >= 15 is 0 Å². The van der Waals surface area contributed by atoms with Gasteiger partial charge in [0.1, 0.15) is 12.9 Å². The summed E-state index contributed by atoms with van der Waals surface area (Å²) in [5, 5.41) is 11.5. The van der Waals surface area contributed by atoms with Gasteiger partial charge >= 0.3 is 0 Å². The zero-order valence-electron chi connectivity index (χ0n) is 15.0. The predicted octanol–water partition coefficient (Wildman–Crippen LogP) is 2.55. The molecule has 0 bridgehead atoms. The normalized spacial score (nSPS) is 15.2. The van der Waals surface area contributed by atoms with Gasteiger partial charge in [0.05, 0.1) is 0 Å². The summed E-state index contributed by atoms with van der Waals surface area (Å²) in [4.78, 5) is 7.06. The van der Waals surface area contributed by atoms with E-state index in [4.69, 9.17) is 4.99 Å². The van der Waals surface area contributed by atoms with Crippen LogP contribution in [0.2, 0.25) is 0 Å². The number of guanidine groups is 1. The van der Waals surface area contributed by atoms with E-state index in [0.717, 1.165) is 44.4 Å². The Kier molecular flexibility index (Phi) is 5.82. The number of hydrogen-bond acceptors (Lipinski definition) is 3. The molecule has 3 rings (SSSR count). The molecule has 0 spiro atoms. The second-order valence-electron chi connectivity index (χ2n) is 5.99. The molecule has 0 radical (unpaired) electrons. The molecule has 0 fully saturated rings. The number of benzene rings is 1. The molecule has 0 saturated heterocycles. The van der Waals surface area contributed by atoms with Gasteiger partial charge in [-0.15, -0.1) is 10.2 Å². The minimum absolute atomic E-state index is 0.544. The van der Waals surface area contributed by atoms with E-state index < -0.39 is 0 Å². The van der Waals surface area contributed by atoms with Crippen molar-refractivity contribution < 1.29 is 0 Å². The van der Waals surface area contributed by atoms with Crippen molar-refractivity contribution in [2.24, 2.45) is 4.99 Å². The third-order valence-electron chi connectivity index (χ3n) is 4.39. The average molecular weight is 338 g/mol. The highest BCUT2D eigenvalue weighted by Gasteiger charge is 2.16. The maximum Gasteiger partial charge on any atom is 0.194 e. The van der Waals surface area contributed by atoms with Crippen molar-refractivity contribution in [1.82, 2.24) is 25.0 Å². The van der Waals surface area contributed by atoms with E-state index in [1.807, 2.05) is 4.57 Å². The fourth-order valence-electron chi connectivity index (χ4n) is 3.01. The first kappa shape index (κ1) is 17.2. The summed E-state index contributed by atoms with van der Waals surface area (Å²) in [6, 6.07) is 10.6. The van der Waals surface area contributed by atoms with Gasteiger partial charge in [0.15, 0.2) is 11.8 Å². The zero-order chi connectivity index (χ0) is 17.5. The van der Waals surface area contributed by atoms with Crippen LogP contribution >= 0.6 is 0 Å². The molecule has 0 unspecified atom stereocenters. The largest absolute Gasteiger partial charge is 0.356 e. The highest BCUT2D eigenvalue weighted by Crippen LogP contribution is 2.22. The van der Waals surface area contributed by atoms with E-state index in [2.05, 4.69) is 70.7 Å². The molecule has 6 heteroatoms. The Morgan fingerprint density at radius 3 is 2.76 bits per heavy atom. The van der Waals surface area contributed by atoms with Crippen molar-refractivity contribution in [3.05, 3.63) is 54.1 Å². The summed E-state index contributed by atoms with van der Waals surface area (Å²) >= 11 is 0. The number of rotatable bonds is 5. The summed E-state index contributed by atoms with van der Waals surface area (Å²) in [6.45, 7) is 8.28. The third-order valence-corrected chi connectivity index (χ3v) is 4.39. The Morgan fingerprint density at radius 2 is 2.08 bits per heavy atom. The van der Waals surface area contributed by atoms with E-state index in [9.17, 15) is 0 Å². The lowest BCUT2D eigenvalue weighted by molar-refractivity contribution is 0.439. The number of nitrogens with one attached hydrogen (secondary N) is 1. The number of nitrogens with zero attached hydrogens (tertiary/aromatic N) is 5. The van der Waals surface area contributed by atoms with Crippen molar-refractivity contribution >= 4 is 11.5 Å². The summed E-state index contributed by atoms with van der Waals surface area (Å²) in [7, 11) is 0. The van der Waals surface area contributed by atoms with Crippen LogP contribution in [0.1, 0.15) is 31.7 Å². The van der Waals surface area contributed by atoms with Crippen LogP contribution in [0.15, 0.2) is 47.7 Å². The fourth-order valence-corrected chi connectivity index (χ4v) is 3.01. The molecular weight excluding hydrogens is 312 g/mol. The van der Waals surface area contributed by atoms with Gasteiger partial charge in [-0.05, 0) is 31.4 Å². The smallest absolute Gasteiger partial charge is 0.194 e. The van der Waals surface area contributed by atoms with E-state index in [1.54, 1.807) is 6.33 Å². The Labute approximate surface area is 149 Å². The third kappa shape index (κ3) is 4.26. The molecule has 1 aromatic carbocycles. The molecule has 0 saturated carbocycles. The second-order valence-corrected chi connectivity index (χ2v) is 5.99. The predicted molar refractivity (Wildman–Crippen MR) is 101 cm³/mol. The number of hydrogen-bond donors (Lipinski definition) is 1. The highest BCUT2D eigenvalue weighted by molar-refractivity contribution is 5.81. The first-order valence-electron chi connectivity index (χ1n) is 8.96. The number of aromatic nitrogens is 3. The standard InChI is InChI=1S/C19H26N6/c1-3-20-19(21-14-18-23-22-15-24(18)4-2)25-12-10-17(11-13-25)16-8-6-5-7-9-16/h5-10,15H,3-4,11-14H2,1-2H3,(H,20,21). The lowest BCUT2D eigenvalue weighted by atomic mass is 10.00. The molecule has 1 aromatic heterocycles. The second kappa shape index (κ2) is 8.46. The van der Waals surface area contributed by atoms with Crippen LogP contribution < -0.4 is 5.32 Å². The molecule has 1 aliphatic rings. The Hall–Kier alpha value is -2.63. The summed E-state index contributed by atoms with van der Waals surface area (Å²) < 4.78 is 2.02. The van der Waals surface area contributed by atoms with Crippen LogP contribution in [0.5, 0.6) is 0 Å². The molecule has 6 nitrogen and oxygen atoms in total. The molecule has 0 amide bonds. The maximum absolute atomic E-state index is 4.76. The molecule has 0 atom stereocenters. The van der Waals surface area contributed by atoms with Gasteiger partial charge < -0.3 is 14.8 Å². The first-order chi connectivity index (χ1) is 12.3. The molecule has 2 aromatic rings. The van der Waals surface area contributed by atoms with Gasteiger partial charge in [-0.2, -0.15) is 0 Å². The maximum atomic E-state index is 4.76. The molecule has 25 heavy (non-hydrogen) atoms. The molecule has 2 heterocycles. The van der Waals surface area contributed by atoms with Crippen molar-refractivity contribution in [3.8, 4) is 0 Å². The van der Waals surface area contributed by atoms with Gasteiger partial charge in [0.25, 0.3) is 0 Å². The van der Waals surface area contributed by atoms with Crippen LogP contribution in [0.25, 0.3) is 5.57 Å². The van der Waals surface area contributed by atoms with Crippen molar-refractivity contribution in [2.75, 3.05) is 19.6 Å². The molecule has 0 aliphatic carbocycles. The van der Waals surface area contributed by atoms with Crippen LogP contribution in [-0.4, -0.2) is 45.3 Å². The monoisotopic (exact) mass is 338 g/mol. The average Bonchev–Trinajstić information content (AvgIpc) is 3.13. The van der Waals surface area contributed by atoms with Crippen molar-refractivity contribution in [3.63, 3.8) is 0 Å². The van der Waals surface area contributed by atoms with E-state index in [1.165, 1.54) is 11.1 Å². The van der Waals surface area contributed by atoms with Crippen molar-refractivity contribution in [1.29, 1.82) is 0 Å². The van der Waals surface area contributed by atoms with Gasteiger partial charge in [0, 0.05) is 26.2 Å². The van der Waals surface area contributed by atoms with Crippen LogP contribution in [-0.2, 0) is 13.1 Å². The summed E-state index contributed by atoms with van der Waals surface area (Å²) in [6.07, 6.45) is 5.09. The van der Waals surface area contributed by atoms with Crippen LogP contribution in [0.4, 0.5) is 0 Å². The molecule has 132 valence electrons. The molecular formula is C19H26N6. The summed E-state index contributed by atoms with van der Waals surface area (Å²) in [5.74, 6) is 1.84. The Balaban J connectivity index is 1.69. The Bertz CT molecular complexity index is 731.